The Labute approximate surface area is 218 Å². The minimum absolute atomic E-state index is 0.267. The van der Waals surface area contributed by atoms with Crippen LogP contribution in [0.5, 0.6) is 0 Å². The molecule has 2 atom stereocenters. The molecule has 0 aliphatic carbocycles. The molecule has 1 fully saturated rings. The molecular formula is C33H44N2O. The van der Waals surface area contributed by atoms with Gasteiger partial charge in [0.15, 0.2) is 0 Å². The first-order valence-electron chi connectivity index (χ1n) is 14.2. The number of likely N-dealkylation sites (tertiary alicyclic amines) is 1. The Balaban J connectivity index is 1.16. The zero-order chi connectivity index (χ0) is 24.9. The summed E-state index contributed by atoms with van der Waals surface area (Å²) < 4.78 is 0. The largest absolute Gasteiger partial charge is 0.392 e. The molecule has 3 heteroatoms. The average Bonchev–Trinajstić information content (AvgIpc) is 2.86. The number of aryl methyl sites for hydroxylation is 3. The van der Waals surface area contributed by atoms with E-state index in [4.69, 9.17) is 0 Å². The van der Waals surface area contributed by atoms with Crippen molar-refractivity contribution in [1.29, 1.82) is 0 Å². The third-order valence-corrected chi connectivity index (χ3v) is 8.62. The summed E-state index contributed by atoms with van der Waals surface area (Å²) in [5.74, 6) is 0.698. The molecule has 0 aromatic heterocycles. The Bertz CT molecular complexity index is 1150. The van der Waals surface area contributed by atoms with Gasteiger partial charge in [-0.1, -0.05) is 67.4 Å². The molecule has 2 aliphatic rings. The number of aliphatic hydroxyl groups excluding tert-OH is 1. The van der Waals surface area contributed by atoms with Crippen molar-refractivity contribution < 1.29 is 5.11 Å². The summed E-state index contributed by atoms with van der Waals surface area (Å²) in [6, 6.07) is 20.0. The molecule has 0 bridgehead atoms. The van der Waals surface area contributed by atoms with Gasteiger partial charge in [-0.05, 0) is 97.0 Å². The second-order valence-electron chi connectivity index (χ2n) is 11.5. The maximum atomic E-state index is 11.0. The van der Waals surface area contributed by atoms with Gasteiger partial charge in [-0.2, -0.15) is 0 Å². The number of fused-ring (bicyclic) bond motifs is 2. The molecule has 192 valence electrons. The van der Waals surface area contributed by atoms with E-state index in [1.165, 1.54) is 78.2 Å². The number of β-amino-alcohol motifs (C(OH)–C–C–N with tert-alkyl or cyclic N) is 1. The van der Waals surface area contributed by atoms with Crippen molar-refractivity contribution in [3.8, 4) is 0 Å². The molecule has 3 aromatic carbocycles. The number of aliphatic hydroxyl groups is 1. The normalized spacial score (nSPS) is 20.6. The molecule has 0 radical (unpaired) electrons. The fourth-order valence-electron chi connectivity index (χ4n) is 6.46. The number of hydrogen-bond acceptors (Lipinski definition) is 3. The van der Waals surface area contributed by atoms with Gasteiger partial charge in [0, 0.05) is 32.7 Å². The number of benzene rings is 3. The fraction of sp³-hybridized carbons (Fsp3) is 0.515. The van der Waals surface area contributed by atoms with E-state index < -0.39 is 0 Å². The lowest BCUT2D eigenvalue weighted by atomic mass is 9.92. The molecule has 36 heavy (non-hydrogen) atoms. The molecule has 1 saturated heterocycles. The van der Waals surface area contributed by atoms with Crippen LogP contribution in [0.1, 0.15) is 59.9 Å². The van der Waals surface area contributed by atoms with E-state index in [-0.39, 0.29) is 6.10 Å². The van der Waals surface area contributed by atoms with Crippen LogP contribution < -0.4 is 0 Å². The van der Waals surface area contributed by atoms with Crippen LogP contribution in [0.3, 0.4) is 0 Å². The summed E-state index contributed by atoms with van der Waals surface area (Å²) in [5, 5.41) is 13.6. The summed E-state index contributed by atoms with van der Waals surface area (Å²) in [6.07, 6.45) is 7.93. The van der Waals surface area contributed by atoms with E-state index >= 15 is 0 Å². The molecule has 3 nitrogen and oxygen atoms in total. The molecule has 2 unspecified atom stereocenters. The van der Waals surface area contributed by atoms with E-state index in [2.05, 4.69) is 78.2 Å². The van der Waals surface area contributed by atoms with Crippen LogP contribution in [-0.4, -0.2) is 53.7 Å². The summed E-state index contributed by atoms with van der Waals surface area (Å²) in [5.41, 5.74) is 7.30. The zero-order valence-corrected chi connectivity index (χ0v) is 22.4. The second-order valence-corrected chi connectivity index (χ2v) is 11.5. The van der Waals surface area contributed by atoms with Gasteiger partial charge < -0.3 is 10.0 Å². The van der Waals surface area contributed by atoms with Crippen LogP contribution in [0.2, 0.25) is 0 Å². The lowest BCUT2D eigenvalue weighted by molar-refractivity contribution is 0.0805. The number of nitrogens with zero attached hydrogens (tertiary/aromatic N) is 2. The molecule has 0 saturated carbocycles. The summed E-state index contributed by atoms with van der Waals surface area (Å²) in [7, 11) is 0. The third kappa shape index (κ3) is 6.37. The minimum Gasteiger partial charge on any atom is -0.392 e. The van der Waals surface area contributed by atoms with Gasteiger partial charge in [0.1, 0.15) is 0 Å². The van der Waals surface area contributed by atoms with Gasteiger partial charge in [0.25, 0.3) is 0 Å². The highest BCUT2D eigenvalue weighted by Crippen LogP contribution is 2.26. The first kappa shape index (κ1) is 25.4. The monoisotopic (exact) mass is 484 g/mol. The van der Waals surface area contributed by atoms with Crippen molar-refractivity contribution in [1.82, 2.24) is 9.80 Å². The molecule has 2 aliphatic heterocycles. The van der Waals surface area contributed by atoms with Crippen LogP contribution >= 0.6 is 0 Å². The predicted octanol–water partition coefficient (Wildman–Crippen LogP) is 6.30. The molecule has 0 spiro atoms. The smallest absolute Gasteiger partial charge is 0.0670 e. The quantitative estimate of drug-likeness (QED) is 0.426. The van der Waals surface area contributed by atoms with Gasteiger partial charge in [-0.25, -0.2) is 0 Å². The fourth-order valence-corrected chi connectivity index (χ4v) is 6.46. The Morgan fingerprint density at radius 2 is 1.69 bits per heavy atom. The summed E-state index contributed by atoms with van der Waals surface area (Å²) in [6.45, 7) is 11.0. The van der Waals surface area contributed by atoms with Gasteiger partial charge >= 0.3 is 0 Å². The Hall–Kier alpha value is -2.20. The highest BCUT2D eigenvalue weighted by atomic mass is 16.3. The zero-order valence-electron chi connectivity index (χ0n) is 22.4. The summed E-state index contributed by atoms with van der Waals surface area (Å²) >= 11 is 0. The van der Waals surface area contributed by atoms with Crippen molar-refractivity contribution in [3.63, 3.8) is 0 Å². The maximum absolute atomic E-state index is 11.0. The molecule has 2 heterocycles. The Morgan fingerprint density at radius 3 is 2.58 bits per heavy atom. The van der Waals surface area contributed by atoms with Gasteiger partial charge in [-0.3, -0.25) is 4.90 Å². The van der Waals surface area contributed by atoms with Crippen LogP contribution in [-0.2, 0) is 19.4 Å². The second kappa shape index (κ2) is 11.9. The minimum atomic E-state index is -0.267. The predicted molar refractivity (Wildman–Crippen MR) is 152 cm³/mol. The number of rotatable bonds is 7. The van der Waals surface area contributed by atoms with E-state index in [1.807, 2.05) is 0 Å². The molecular weight excluding hydrogens is 440 g/mol. The van der Waals surface area contributed by atoms with Crippen LogP contribution in [0.25, 0.3) is 10.8 Å². The average molecular weight is 485 g/mol. The van der Waals surface area contributed by atoms with Gasteiger partial charge in [0.2, 0.25) is 0 Å². The van der Waals surface area contributed by atoms with E-state index in [0.29, 0.717) is 5.92 Å². The number of hydrogen-bond donors (Lipinski definition) is 1. The van der Waals surface area contributed by atoms with Crippen molar-refractivity contribution >= 4 is 10.8 Å². The Kier molecular flexibility index (Phi) is 8.41. The summed E-state index contributed by atoms with van der Waals surface area (Å²) in [4.78, 5) is 5.27. The molecule has 0 amide bonds. The van der Waals surface area contributed by atoms with Crippen molar-refractivity contribution in [2.75, 3.05) is 32.7 Å². The first-order chi connectivity index (χ1) is 17.5. The van der Waals surface area contributed by atoms with Crippen LogP contribution in [0.15, 0.2) is 54.6 Å². The van der Waals surface area contributed by atoms with Crippen molar-refractivity contribution in [3.05, 3.63) is 82.4 Å². The maximum Gasteiger partial charge on any atom is 0.0670 e. The first-order valence-corrected chi connectivity index (χ1v) is 14.2. The topological polar surface area (TPSA) is 26.7 Å². The van der Waals surface area contributed by atoms with E-state index in [1.54, 1.807) is 5.56 Å². The lowest BCUT2D eigenvalue weighted by Crippen LogP contribution is -2.42. The lowest BCUT2D eigenvalue weighted by Gasteiger charge is -2.36. The highest BCUT2D eigenvalue weighted by molar-refractivity contribution is 5.85. The van der Waals surface area contributed by atoms with Crippen LogP contribution in [0, 0.1) is 19.8 Å². The van der Waals surface area contributed by atoms with E-state index in [9.17, 15) is 5.11 Å². The SMILES string of the molecule is Cc1cc2c(cc1C)CN(CC1CCCCCN(CC(O)CCc3cccc4ccccc34)C1)CC2. The van der Waals surface area contributed by atoms with Gasteiger partial charge in [0.05, 0.1) is 6.10 Å². The van der Waals surface area contributed by atoms with Crippen molar-refractivity contribution in [2.24, 2.45) is 5.92 Å². The molecule has 5 rings (SSSR count). The standard InChI is InChI=1S/C33H44N2O/c1-25-19-30-16-18-35(23-31(30)20-26(25)2)22-27-9-4-3-7-17-34(21-27)24-32(36)15-14-29-12-8-11-28-10-5-6-13-33(28)29/h5-6,8,10-13,19-20,27,32,36H,3-4,7,9,14-18,21-24H2,1-2H3. The third-order valence-electron chi connectivity index (χ3n) is 8.62. The molecule has 1 N–H and O–H groups in total. The Morgan fingerprint density at radius 1 is 0.889 bits per heavy atom. The van der Waals surface area contributed by atoms with Gasteiger partial charge in [-0.15, -0.1) is 0 Å². The highest BCUT2D eigenvalue weighted by Gasteiger charge is 2.24. The van der Waals surface area contributed by atoms with Crippen LogP contribution in [0.4, 0.5) is 0 Å². The van der Waals surface area contributed by atoms with E-state index in [0.717, 1.165) is 39.0 Å². The van der Waals surface area contributed by atoms with Crippen molar-refractivity contribution in [2.45, 2.75) is 71.4 Å². The molecule has 3 aromatic rings.